The molecule has 0 saturated heterocycles. The highest BCUT2D eigenvalue weighted by Gasteiger charge is 2.24. The van der Waals surface area contributed by atoms with E-state index in [0.29, 0.717) is 5.76 Å². The van der Waals surface area contributed by atoms with Crippen LogP contribution in [0.4, 0.5) is 4.79 Å². The minimum Gasteiger partial charge on any atom is -0.467 e. The predicted molar refractivity (Wildman–Crippen MR) is 103 cm³/mol. The number of nitrogens with one attached hydrogen (secondary N) is 3. The fourth-order valence-corrected chi connectivity index (χ4v) is 3.46. The fourth-order valence-electron chi connectivity index (χ4n) is 3.46. The molecule has 0 unspecified atom stereocenters. The van der Waals surface area contributed by atoms with Crippen LogP contribution < -0.4 is 16.0 Å². The lowest BCUT2D eigenvalue weighted by Gasteiger charge is -2.24. The van der Waals surface area contributed by atoms with Crippen LogP contribution in [0.2, 0.25) is 0 Å². The molecule has 1 aromatic heterocycles. The van der Waals surface area contributed by atoms with Gasteiger partial charge in [0.1, 0.15) is 5.76 Å². The smallest absolute Gasteiger partial charge is 0.321 e. The normalized spacial score (nSPS) is 17.1. The molecule has 3 rings (SSSR count). The Balaban J connectivity index is 1.58. The Bertz CT molecular complexity index is 724. The maximum Gasteiger partial charge on any atom is 0.321 e. The number of benzene rings is 1. The minimum atomic E-state index is -0.572. The third-order valence-corrected chi connectivity index (χ3v) is 4.95. The summed E-state index contributed by atoms with van der Waals surface area (Å²) >= 11 is 0. The number of carbonyl (C=O) groups is 2. The van der Waals surface area contributed by atoms with E-state index in [0.717, 1.165) is 31.2 Å². The molecule has 0 spiro atoms. The summed E-state index contributed by atoms with van der Waals surface area (Å²) in [6, 6.07) is 12.3. The number of hydrogen-bond acceptors (Lipinski definition) is 4. The van der Waals surface area contributed by atoms with Crippen molar-refractivity contribution in [1.82, 2.24) is 16.0 Å². The van der Waals surface area contributed by atoms with E-state index >= 15 is 0 Å². The van der Waals surface area contributed by atoms with Crippen LogP contribution in [0.3, 0.4) is 0 Å². The largest absolute Gasteiger partial charge is 0.467 e. The second-order valence-corrected chi connectivity index (χ2v) is 7.05. The highest BCUT2D eigenvalue weighted by molar-refractivity contribution is 5.96. The van der Waals surface area contributed by atoms with E-state index < -0.39 is 12.1 Å². The van der Waals surface area contributed by atoms with Crippen molar-refractivity contribution in [3.05, 3.63) is 60.1 Å². The Morgan fingerprint density at radius 3 is 2.44 bits per heavy atom. The van der Waals surface area contributed by atoms with E-state index in [4.69, 9.17) is 4.42 Å². The highest BCUT2D eigenvalue weighted by Crippen LogP contribution is 2.23. The number of imide groups is 1. The number of rotatable bonds is 6. The van der Waals surface area contributed by atoms with Crippen LogP contribution in [-0.4, -0.2) is 24.0 Å². The van der Waals surface area contributed by atoms with Gasteiger partial charge in [-0.1, -0.05) is 49.6 Å². The van der Waals surface area contributed by atoms with Gasteiger partial charge in [-0.15, -0.1) is 0 Å². The molecular weight excluding hydrogens is 342 g/mol. The lowest BCUT2D eigenvalue weighted by molar-refractivity contribution is -0.121. The molecule has 1 aliphatic carbocycles. The van der Waals surface area contributed by atoms with Crippen molar-refractivity contribution in [2.45, 2.75) is 57.2 Å². The lowest BCUT2D eigenvalue weighted by atomic mass is 9.96. The van der Waals surface area contributed by atoms with Gasteiger partial charge in [0.2, 0.25) is 5.91 Å². The molecule has 2 aromatic rings. The molecule has 2 atom stereocenters. The number of hydrogen-bond donors (Lipinski definition) is 3. The molecule has 0 radical (unpaired) electrons. The monoisotopic (exact) mass is 369 g/mol. The van der Waals surface area contributed by atoms with Crippen molar-refractivity contribution in [1.29, 1.82) is 0 Å². The first kappa shape index (κ1) is 19.2. The molecule has 0 aliphatic heterocycles. The first-order valence-corrected chi connectivity index (χ1v) is 9.59. The van der Waals surface area contributed by atoms with Gasteiger partial charge in [-0.05, 0) is 37.5 Å². The second kappa shape index (κ2) is 9.37. The molecule has 1 aromatic carbocycles. The van der Waals surface area contributed by atoms with Crippen molar-refractivity contribution in [3.63, 3.8) is 0 Å². The molecule has 1 saturated carbocycles. The Morgan fingerprint density at radius 2 is 1.78 bits per heavy atom. The van der Waals surface area contributed by atoms with Crippen molar-refractivity contribution >= 4 is 11.9 Å². The molecule has 3 amide bonds. The van der Waals surface area contributed by atoms with E-state index in [2.05, 4.69) is 16.0 Å². The van der Waals surface area contributed by atoms with Gasteiger partial charge in [0.15, 0.2) is 0 Å². The van der Waals surface area contributed by atoms with Crippen LogP contribution in [0.1, 0.15) is 56.4 Å². The first-order chi connectivity index (χ1) is 13.1. The minimum absolute atomic E-state index is 0.162. The lowest BCUT2D eigenvalue weighted by Crippen LogP contribution is -2.51. The predicted octanol–water partition coefficient (Wildman–Crippen LogP) is 3.51. The van der Waals surface area contributed by atoms with Gasteiger partial charge in [-0.25, -0.2) is 4.79 Å². The molecule has 27 heavy (non-hydrogen) atoms. The van der Waals surface area contributed by atoms with E-state index in [1.807, 2.05) is 42.5 Å². The van der Waals surface area contributed by atoms with Gasteiger partial charge in [0.05, 0.1) is 18.3 Å². The third kappa shape index (κ3) is 5.44. The average Bonchev–Trinajstić information content (AvgIpc) is 3.21. The van der Waals surface area contributed by atoms with Crippen LogP contribution in [0.15, 0.2) is 53.1 Å². The van der Waals surface area contributed by atoms with Crippen molar-refractivity contribution in [2.75, 3.05) is 0 Å². The fraction of sp³-hybridized carbons (Fsp3) is 0.429. The van der Waals surface area contributed by atoms with Crippen molar-refractivity contribution < 1.29 is 14.0 Å². The summed E-state index contributed by atoms with van der Waals surface area (Å²) in [4.78, 5) is 24.6. The highest BCUT2D eigenvalue weighted by atomic mass is 16.3. The molecule has 1 aliphatic rings. The number of carbonyl (C=O) groups excluding carboxylic acids is 2. The topological polar surface area (TPSA) is 83.4 Å². The van der Waals surface area contributed by atoms with Crippen molar-refractivity contribution in [2.24, 2.45) is 0 Å². The molecule has 144 valence electrons. The maximum atomic E-state index is 12.5. The molecular formula is C21H27N3O3. The zero-order valence-electron chi connectivity index (χ0n) is 15.6. The molecule has 6 nitrogen and oxygen atoms in total. The van der Waals surface area contributed by atoms with Crippen LogP contribution in [0.5, 0.6) is 0 Å². The Hall–Kier alpha value is -2.60. The van der Waals surface area contributed by atoms with Crippen LogP contribution in [0.25, 0.3) is 0 Å². The number of amides is 3. The van der Waals surface area contributed by atoms with E-state index in [-0.39, 0.29) is 18.0 Å². The van der Waals surface area contributed by atoms with Gasteiger partial charge >= 0.3 is 6.03 Å². The van der Waals surface area contributed by atoms with Gasteiger partial charge in [0, 0.05) is 6.04 Å². The van der Waals surface area contributed by atoms with E-state index in [1.54, 1.807) is 13.2 Å². The van der Waals surface area contributed by atoms with Gasteiger partial charge in [-0.3, -0.25) is 15.4 Å². The first-order valence-electron chi connectivity index (χ1n) is 9.59. The zero-order valence-corrected chi connectivity index (χ0v) is 15.6. The quantitative estimate of drug-likeness (QED) is 0.728. The molecule has 6 heteroatoms. The summed E-state index contributed by atoms with van der Waals surface area (Å²) in [7, 11) is 0. The summed E-state index contributed by atoms with van der Waals surface area (Å²) in [6.45, 7) is 1.74. The van der Waals surface area contributed by atoms with Crippen molar-refractivity contribution in [3.8, 4) is 0 Å². The third-order valence-electron chi connectivity index (χ3n) is 4.95. The zero-order chi connectivity index (χ0) is 19.1. The summed E-state index contributed by atoms with van der Waals surface area (Å²) in [5.41, 5.74) is 0.985. The number of furan rings is 1. The maximum absolute atomic E-state index is 12.5. The molecule has 3 N–H and O–H groups in total. The molecule has 1 fully saturated rings. The Labute approximate surface area is 159 Å². The molecule has 1 heterocycles. The Morgan fingerprint density at radius 1 is 1.04 bits per heavy atom. The van der Waals surface area contributed by atoms with Gasteiger partial charge in [0.25, 0.3) is 0 Å². The SMILES string of the molecule is C[C@@H](N[C@@H](c1ccccc1)c1ccco1)C(=O)NC(=O)NC1CCCCC1. The van der Waals surface area contributed by atoms with Crippen LogP contribution in [-0.2, 0) is 4.79 Å². The number of urea groups is 1. The Kier molecular flexibility index (Phi) is 6.65. The van der Waals surface area contributed by atoms with Crippen LogP contribution >= 0.6 is 0 Å². The van der Waals surface area contributed by atoms with Gasteiger partial charge in [-0.2, -0.15) is 0 Å². The van der Waals surface area contributed by atoms with E-state index in [9.17, 15) is 9.59 Å². The second-order valence-electron chi connectivity index (χ2n) is 7.05. The summed E-state index contributed by atoms with van der Waals surface area (Å²) in [5, 5.41) is 8.61. The standard InChI is InChI=1S/C21H27N3O3/c1-15(20(25)24-21(26)23-17-11-6-3-7-12-17)22-19(18-13-8-14-27-18)16-9-4-2-5-10-16/h2,4-5,8-10,13-15,17,19,22H,3,6-7,11-12H2,1H3,(H2,23,24,25,26)/t15-,19+/m1/s1. The van der Waals surface area contributed by atoms with Crippen LogP contribution in [0, 0.1) is 0 Å². The summed E-state index contributed by atoms with van der Waals surface area (Å²) < 4.78 is 5.54. The average molecular weight is 369 g/mol. The van der Waals surface area contributed by atoms with Gasteiger partial charge < -0.3 is 9.73 Å². The van der Waals surface area contributed by atoms with E-state index in [1.165, 1.54) is 6.42 Å². The summed E-state index contributed by atoms with van der Waals surface area (Å²) in [5.74, 6) is 0.350. The molecule has 0 bridgehead atoms. The summed E-state index contributed by atoms with van der Waals surface area (Å²) in [6.07, 6.45) is 7.02.